The first kappa shape index (κ1) is 13.9. The first-order valence-corrected chi connectivity index (χ1v) is 8.74. The molecule has 1 nitrogen and oxygen atoms in total. The molecule has 0 bridgehead atoms. The van der Waals surface area contributed by atoms with E-state index in [1.165, 1.54) is 14.3 Å². The van der Waals surface area contributed by atoms with E-state index >= 15 is 0 Å². The van der Waals surface area contributed by atoms with Crippen molar-refractivity contribution in [1.29, 1.82) is 0 Å². The Balaban J connectivity index is 2.17. The van der Waals surface area contributed by atoms with Crippen LogP contribution in [0.2, 0.25) is 10.0 Å². The Bertz CT molecular complexity index is 944. The number of halogens is 2. The summed E-state index contributed by atoms with van der Waals surface area (Å²) in [6.45, 7) is 0. The van der Waals surface area contributed by atoms with Gasteiger partial charge in [-0.3, -0.25) is 0 Å². The van der Waals surface area contributed by atoms with Gasteiger partial charge >= 0.3 is 0 Å². The molecule has 108 valence electrons. The summed E-state index contributed by atoms with van der Waals surface area (Å²) in [6.07, 6.45) is 0. The predicted molar refractivity (Wildman–Crippen MR) is 97.0 cm³/mol. The van der Waals surface area contributed by atoms with Crippen molar-refractivity contribution in [3.8, 4) is 10.6 Å². The highest BCUT2D eigenvalue weighted by Crippen LogP contribution is 2.49. The van der Waals surface area contributed by atoms with Crippen molar-refractivity contribution < 1.29 is 5.11 Å². The molecule has 4 heteroatoms. The van der Waals surface area contributed by atoms with Crippen LogP contribution in [0.5, 0.6) is 5.75 Å². The van der Waals surface area contributed by atoms with Gasteiger partial charge in [0.15, 0.2) is 14.3 Å². The Hall–Kier alpha value is -1.74. The summed E-state index contributed by atoms with van der Waals surface area (Å²) in [5, 5.41) is 13.3. The molecule has 4 rings (SSSR count). The summed E-state index contributed by atoms with van der Waals surface area (Å²) < 4.78 is 2.49. The summed E-state index contributed by atoms with van der Waals surface area (Å²) in [5.74, 6) is 0.277. The summed E-state index contributed by atoms with van der Waals surface area (Å²) in [6, 6.07) is 19.4. The Morgan fingerprint density at radius 2 is 1.18 bits per heavy atom. The maximum Gasteiger partial charge on any atom is 0.187 e. The fourth-order valence-electron chi connectivity index (χ4n) is 2.74. The SMILES string of the molecule is Oc1ccc(-[s+]2c3ccc(Cl)cc3c3cc(Cl)ccc32)cc1. The largest absolute Gasteiger partial charge is 0.508 e. The van der Waals surface area contributed by atoms with Crippen LogP contribution in [-0.4, -0.2) is 5.11 Å². The van der Waals surface area contributed by atoms with Crippen molar-refractivity contribution in [1.82, 2.24) is 0 Å². The van der Waals surface area contributed by atoms with Crippen molar-refractivity contribution in [2.24, 2.45) is 0 Å². The second-order valence-electron chi connectivity index (χ2n) is 5.08. The number of rotatable bonds is 1. The molecule has 0 atom stereocenters. The number of hydrogen-bond donors (Lipinski definition) is 1. The van der Waals surface area contributed by atoms with Crippen LogP contribution in [0.15, 0.2) is 60.7 Å². The molecule has 0 saturated carbocycles. The second-order valence-corrected chi connectivity index (χ2v) is 7.92. The van der Waals surface area contributed by atoms with Gasteiger partial charge < -0.3 is 5.11 Å². The molecule has 3 aromatic carbocycles. The van der Waals surface area contributed by atoms with Crippen LogP contribution in [-0.2, 0) is 0 Å². The minimum atomic E-state index is -0.194. The van der Waals surface area contributed by atoms with Gasteiger partial charge in [0.05, 0.1) is 0 Å². The fourth-order valence-corrected chi connectivity index (χ4v) is 5.42. The number of fused-ring (bicyclic) bond motifs is 3. The van der Waals surface area contributed by atoms with Gasteiger partial charge in [0, 0.05) is 55.6 Å². The van der Waals surface area contributed by atoms with Gasteiger partial charge in [-0.15, -0.1) is 0 Å². The van der Waals surface area contributed by atoms with E-state index in [1.54, 1.807) is 12.1 Å². The molecule has 1 aromatic heterocycles. The van der Waals surface area contributed by atoms with Crippen molar-refractivity contribution in [3.63, 3.8) is 0 Å². The molecule has 0 aliphatic heterocycles. The Kier molecular flexibility index (Phi) is 3.26. The Morgan fingerprint density at radius 3 is 1.68 bits per heavy atom. The zero-order valence-corrected chi connectivity index (χ0v) is 13.7. The lowest BCUT2D eigenvalue weighted by Gasteiger charge is -1.94. The van der Waals surface area contributed by atoms with Crippen molar-refractivity contribution in [3.05, 3.63) is 70.7 Å². The molecule has 22 heavy (non-hydrogen) atoms. The van der Waals surface area contributed by atoms with Gasteiger partial charge in [0.25, 0.3) is 0 Å². The van der Waals surface area contributed by atoms with Gasteiger partial charge in [-0.25, -0.2) is 0 Å². The van der Waals surface area contributed by atoms with E-state index in [4.69, 9.17) is 23.2 Å². The lowest BCUT2D eigenvalue weighted by molar-refractivity contribution is 0.475. The van der Waals surface area contributed by atoms with Gasteiger partial charge in [0.2, 0.25) is 0 Å². The molecule has 0 amide bonds. The molecule has 0 fully saturated rings. The number of phenolic OH excluding ortho intramolecular Hbond substituents is 1. The highest BCUT2D eigenvalue weighted by Gasteiger charge is 2.24. The zero-order chi connectivity index (χ0) is 15.3. The minimum Gasteiger partial charge on any atom is -0.508 e. The summed E-state index contributed by atoms with van der Waals surface area (Å²) in [4.78, 5) is 1.17. The molecular formula is C18H11Cl2OS+. The monoisotopic (exact) mass is 345 g/mol. The third kappa shape index (κ3) is 2.15. The number of thiophene rings is 1. The molecule has 0 aliphatic rings. The first-order chi connectivity index (χ1) is 10.6. The summed E-state index contributed by atoms with van der Waals surface area (Å²) >= 11 is 12.4. The Morgan fingerprint density at radius 1 is 0.682 bits per heavy atom. The van der Waals surface area contributed by atoms with Crippen LogP contribution in [0.25, 0.3) is 25.1 Å². The average Bonchev–Trinajstić information content (AvgIpc) is 2.81. The molecule has 0 unspecified atom stereocenters. The molecule has 4 aromatic rings. The quantitative estimate of drug-likeness (QED) is 0.378. The number of hydrogen-bond acceptors (Lipinski definition) is 1. The molecule has 0 spiro atoms. The smallest absolute Gasteiger partial charge is 0.187 e. The van der Waals surface area contributed by atoms with Crippen molar-refractivity contribution in [2.45, 2.75) is 0 Å². The highest BCUT2D eigenvalue weighted by atomic mass is 35.5. The highest BCUT2D eigenvalue weighted by molar-refractivity contribution is 7.50. The molecule has 1 heterocycles. The molecular weight excluding hydrogens is 335 g/mol. The average molecular weight is 346 g/mol. The van der Waals surface area contributed by atoms with E-state index in [-0.39, 0.29) is 16.2 Å². The van der Waals surface area contributed by atoms with Crippen LogP contribution in [0, 0.1) is 0 Å². The number of benzene rings is 3. The van der Waals surface area contributed by atoms with Crippen LogP contribution in [0.1, 0.15) is 0 Å². The van der Waals surface area contributed by atoms with E-state index in [1.807, 2.05) is 36.4 Å². The van der Waals surface area contributed by atoms with Crippen LogP contribution >= 0.6 is 33.7 Å². The van der Waals surface area contributed by atoms with Gasteiger partial charge in [-0.2, -0.15) is 0 Å². The van der Waals surface area contributed by atoms with Crippen molar-refractivity contribution >= 4 is 53.8 Å². The number of phenols is 1. The zero-order valence-electron chi connectivity index (χ0n) is 11.4. The van der Waals surface area contributed by atoms with Gasteiger partial charge in [-0.1, -0.05) is 23.2 Å². The van der Waals surface area contributed by atoms with Crippen molar-refractivity contribution in [2.75, 3.05) is 0 Å². The number of aromatic hydroxyl groups is 1. The van der Waals surface area contributed by atoms with Crippen LogP contribution < -0.4 is 0 Å². The van der Waals surface area contributed by atoms with Gasteiger partial charge in [-0.05, 0) is 36.4 Å². The maximum absolute atomic E-state index is 9.53. The molecule has 1 N–H and O–H groups in total. The van der Waals surface area contributed by atoms with E-state index in [0.29, 0.717) is 0 Å². The normalized spacial score (nSPS) is 11.4. The van der Waals surface area contributed by atoms with Crippen LogP contribution in [0.3, 0.4) is 0 Å². The standard InChI is InChI=1S/C18H10Cl2OS/c19-11-1-7-17-15(9-11)16-10-12(20)2-8-18(16)22(17)14-5-3-13(21)4-6-14/h1-10H/p+1. The first-order valence-electron chi connectivity index (χ1n) is 6.76. The molecule has 0 aliphatic carbocycles. The van der Waals surface area contributed by atoms with E-state index in [2.05, 4.69) is 12.1 Å². The fraction of sp³-hybridized carbons (Fsp3) is 0. The maximum atomic E-state index is 9.53. The lowest BCUT2D eigenvalue weighted by Crippen LogP contribution is -1.70. The van der Waals surface area contributed by atoms with E-state index < -0.39 is 0 Å². The minimum absolute atomic E-state index is 0.194. The summed E-state index contributed by atoms with van der Waals surface area (Å²) in [7, 11) is -0.194. The summed E-state index contributed by atoms with van der Waals surface area (Å²) in [5.41, 5.74) is 0. The van der Waals surface area contributed by atoms with E-state index in [0.717, 1.165) is 20.8 Å². The molecule has 0 saturated heterocycles. The van der Waals surface area contributed by atoms with E-state index in [9.17, 15) is 5.11 Å². The third-order valence-electron chi connectivity index (χ3n) is 3.69. The van der Waals surface area contributed by atoms with Gasteiger partial charge in [0.1, 0.15) is 5.75 Å². The van der Waals surface area contributed by atoms with Crippen LogP contribution in [0.4, 0.5) is 0 Å². The molecule has 0 radical (unpaired) electrons. The Labute approximate surface area is 140 Å². The second kappa shape index (κ2) is 5.17. The lowest BCUT2D eigenvalue weighted by atomic mass is 10.1. The predicted octanol–water partition coefficient (Wildman–Crippen LogP) is 6.74. The topological polar surface area (TPSA) is 20.2 Å². The third-order valence-corrected chi connectivity index (χ3v) is 6.49.